The molecule has 17 heavy (non-hydrogen) atoms. The lowest BCUT2D eigenvalue weighted by Gasteiger charge is -2.07. The summed E-state index contributed by atoms with van der Waals surface area (Å²) in [6.07, 6.45) is 3.41. The minimum Gasteiger partial charge on any atom is -0.383 e. The average Bonchev–Trinajstić information content (AvgIpc) is 2.79. The molecular weight excluding hydrogens is 231 g/mol. The normalized spacial score (nSPS) is 10.5. The number of aromatic nitrogens is 2. The number of benzene rings is 1. The number of anilines is 1. The Balaban J connectivity index is 1.95. The van der Waals surface area contributed by atoms with Crippen molar-refractivity contribution in [3.8, 4) is 0 Å². The molecule has 0 aliphatic rings. The molecule has 2 aromatic rings. The molecule has 0 aliphatic carbocycles. The first-order valence-corrected chi connectivity index (χ1v) is 5.02. The van der Waals surface area contributed by atoms with Crippen molar-refractivity contribution in [2.24, 2.45) is 0 Å². The smallest absolute Gasteiger partial charge is 0.194 e. The molecule has 0 amide bonds. The number of rotatable bonds is 4. The largest absolute Gasteiger partial charge is 0.383 e. The third-order valence-electron chi connectivity index (χ3n) is 2.21. The first-order valence-electron chi connectivity index (χ1n) is 5.02. The van der Waals surface area contributed by atoms with Crippen LogP contribution in [0.2, 0.25) is 0 Å². The summed E-state index contributed by atoms with van der Waals surface area (Å²) in [7, 11) is 0. The van der Waals surface area contributed by atoms with Gasteiger partial charge in [0.15, 0.2) is 17.5 Å². The van der Waals surface area contributed by atoms with Crippen LogP contribution in [0.1, 0.15) is 0 Å². The lowest BCUT2D eigenvalue weighted by molar-refractivity contribution is 0.447. The summed E-state index contributed by atoms with van der Waals surface area (Å²) in [5.41, 5.74) is 0.202. The number of nitrogens with one attached hydrogen (secondary N) is 1. The maximum absolute atomic E-state index is 12.9. The van der Waals surface area contributed by atoms with Gasteiger partial charge in [0.1, 0.15) is 0 Å². The van der Waals surface area contributed by atoms with Crippen molar-refractivity contribution in [2.75, 3.05) is 11.9 Å². The molecule has 1 N–H and O–H groups in total. The third kappa shape index (κ3) is 2.77. The molecule has 3 nitrogen and oxygen atoms in total. The van der Waals surface area contributed by atoms with Crippen molar-refractivity contribution in [3.05, 3.63) is 48.0 Å². The van der Waals surface area contributed by atoms with Crippen LogP contribution >= 0.6 is 0 Å². The Bertz CT molecular complexity index is 474. The maximum Gasteiger partial charge on any atom is 0.194 e. The Morgan fingerprint density at radius 1 is 1.18 bits per heavy atom. The van der Waals surface area contributed by atoms with Crippen molar-refractivity contribution in [1.29, 1.82) is 0 Å². The summed E-state index contributed by atoms with van der Waals surface area (Å²) < 4.78 is 40.1. The Hall–Kier alpha value is -1.98. The topological polar surface area (TPSA) is 29.9 Å². The predicted octanol–water partition coefficient (Wildman–Crippen LogP) is 2.41. The predicted molar refractivity (Wildman–Crippen MR) is 57.0 cm³/mol. The summed E-state index contributed by atoms with van der Waals surface area (Å²) in [6, 6.07) is 3.61. The van der Waals surface area contributed by atoms with Gasteiger partial charge < -0.3 is 5.32 Å². The highest BCUT2D eigenvalue weighted by molar-refractivity contribution is 5.43. The van der Waals surface area contributed by atoms with E-state index in [1.54, 1.807) is 23.1 Å². The number of nitrogens with zero attached hydrogens (tertiary/aromatic N) is 2. The van der Waals surface area contributed by atoms with Crippen LogP contribution in [0, 0.1) is 17.5 Å². The highest BCUT2D eigenvalue weighted by atomic mass is 19.2. The van der Waals surface area contributed by atoms with Gasteiger partial charge in [-0.3, -0.25) is 4.68 Å². The lowest BCUT2D eigenvalue weighted by atomic mass is 10.3. The molecular formula is C11H10F3N3. The van der Waals surface area contributed by atoms with Gasteiger partial charge in [0.25, 0.3) is 0 Å². The fraction of sp³-hybridized carbons (Fsp3) is 0.182. The van der Waals surface area contributed by atoms with Gasteiger partial charge in [0.05, 0.1) is 6.54 Å². The molecule has 0 bridgehead atoms. The number of hydrogen-bond acceptors (Lipinski definition) is 2. The van der Waals surface area contributed by atoms with E-state index >= 15 is 0 Å². The van der Waals surface area contributed by atoms with E-state index in [1.807, 2.05) is 0 Å². The van der Waals surface area contributed by atoms with Gasteiger partial charge in [-0.15, -0.1) is 0 Å². The third-order valence-corrected chi connectivity index (χ3v) is 2.21. The Labute approximate surface area is 95.9 Å². The van der Waals surface area contributed by atoms with Crippen LogP contribution in [0.15, 0.2) is 30.6 Å². The SMILES string of the molecule is Fc1cc(NCCn2cccn2)cc(F)c1F. The van der Waals surface area contributed by atoms with E-state index in [4.69, 9.17) is 0 Å². The summed E-state index contributed by atoms with van der Waals surface area (Å²) in [5, 5.41) is 6.75. The molecule has 0 aliphatic heterocycles. The molecule has 0 unspecified atom stereocenters. The van der Waals surface area contributed by atoms with E-state index in [2.05, 4.69) is 10.4 Å². The molecule has 90 valence electrons. The van der Waals surface area contributed by atoms with E-state index in [0.717, 1.165) is 12.1 Å². The second kappa shape index (κ2) is 4.90. The zero-order valence-corrected chi connectivity index (χ0v) is 8.83. The van der Waals surface area contributed by atoms with Crippen LogP contribution in [0.3, 0.4) is 0 Å². The Morgan fingerprint density at radius 2 is 1.88 bits per heavy atom. The van der Waals surface area contributed by atoms with Gasteiger partial charge in [-0.2, -0.15) is 5.10 Å². The molecule has 0 spiro atoms. The minimum atomic E-state index is -1.46. The van der Waals surface area contributed by atoms with E-state index in [0.29, 0.717) is 13.1 Å². The molecule has 1 aromatic heterocycles. The van der Waals surface area contributed by atoms with Crippen LogP contribution in [0.4, 0.5) is 18.9 Å². The molecule has 1 aromatic carbocycles. The lowest BCUT2D eigenvalue weighted by Crippen LogP contribution is -2.11. The van der Waals surface area contributed by atoms with Gasteiger partial charge >= 0.3 is 0 Å². The second-order valence-electron chi connectivity index (χ2n) is 3.45. The summed E-state index contributed by atoms with van der Waals surface area (Å²) in [6.45, 7) is 0.986. The first kappa shape index (κ1) is 11.5. The Morgan fingerprint density at radius 3 is 2.47 bits per heavy atom. The zero-order valence-electron chi connectivity index (χ0n) is 8.83. The van der Waals surface area contributed by atoms with Crippen molar-refractivity contribution in [3.63, 3.8) is 0 Å². The molecule has 0 saturated heterocycles. The van der Waals surface area contributed by atoms with Crippen LogP contribution < -0.4 is 5.32 Å². The monoisotopic (exact) mass is 241 g/mol. The van der Waals surface area contributed by atoms with Gasteiger partial charge in [-0.1, -0.05) is 0 Å². The van der Waals surface area contributed by atoms with Gasteiger partial charge in [-0.05, 0) is 6.07 Å². The number of hydrogen-bond donors (Lipinski definition) is 1. The summed E-state index contributed by atoms with van der Waals surface area (Å²) in [5.74, 6) is -3.86. The molecule has 0 atom stereocenters. The molecule has 2 rings (SSSR count). The second-order valence-corrected chi connectivity index (χ2v) is 3.45. The zero-order chi connectivity index (χ0) is 12.3. The van der Waals surface area contributed by atoms with Gasteiger partial charge in [0.2, 0.25) is 0 Å². The van der Waals surface area contributed by atoms with Crippen molar-refractivity contribution in [1.82, 2.24) is 9.78 Å². The number of halogens is 3. The highest BCUT2D eigenvalue weighted by Gasteiger charge is 2.09. The maximum atomic E-state index is 12.9. The minimum absolute atomic E-state index is 0.202. The van der Waals surface area contributed by atoms with Crippen molar-refractivity contribution in [2.45, 2.75) is 6.54 Å². The molecule has 6 heteroatoms. The standard InChI is InChI=1S/C11H10F3N3/c12-9-6-8(7-10(13)11(9)14)15-3-5-17-4-1-2-16-17/h1-2,4,6-7,15H,3,5H2. The van der Waals surface area contributed by atoms with E-state index in [-0.39, 0.29) is 5.69 Å². The summed E-state index contributed by atoms with van der Waals surface area (Å²) >= 11 is 0. The highest BCUT2D eigenvalue weighted by Crippen LogP contribution is 2.16. The van der Waals surface area contributed by atoms with Gasteiger partial charge in [0, 0.05) is 36.8 Å². The van der Waals surface area contributed by atoms with E-state index in [9.17, 15) is 13.2 Å². The van der Waals surface area contributed by atoms with Gasteiger partial charge in [-0.25, -0.2) is 13.2 Å². The molecule has 1 heterocycles. The van der Waals surface area contributed by atoms with Crippen LogP contribution in [0.25, 0.3) is 0 Å². The first-order chi connectivity index (χ1) is 8.16. The van der Waals surface area contributed by atoms with Crippen LogP contribution in [-0.2, 0) is 6.54 Å². The van der Waals surface area contributed by atoms with Crippen molar-refractivity contribution >= 4 is 5.69 Å². The van der Waals surface area contributed by atoms with E-state index < -0.39 is 17.5 Å². The molecule has 0 saturated carbocycles. The van der Waals surface area contributed by atoms with Crippen molar-refractivity contribution < 1.29 is 13.2 Å². The summed E-state index contributed by atoms with van der Waals surface area (Å²) in [4.78, 5) is 0. The molecule has 0 radical (unpaired) electrons. The Kier molecular flexibility index (Phi) is 3.32. The average molecular weight is 241 g/mol. The van der Waals surface area contributed by atoms with E-state index in [1.165, 1.54) is 0 Å². The fourth-order valence-electron chi connectivity index (χ4n) is 1.41. The van der Waals surface area contributed by atoms with Crippen LogP contribution in [-0.4, -0.2) is 16.3 Å². The fourth-order valence-corrected chi connectivity index (χ4v) is 1.41. The molecule has 0 fully saturated rings. The quantitative estimate of drug-likeness (QED) is 0.833. The van der Waals surface area contributed by atoms with Crippen LogP contribution in [0.5, 0.6) is 0 Å².